The van der Waals surface area contributed by atoms with Gasteiger partial charge >= 0.3 is 0 Å². The molecule has 0 radical (unpaired) electrons. The van der Waals surface area contributed by atoms with E-state index in [0.29, 0.717) is 18.0 Å². The monoisotopic (exact) mass is 419 g/mol. The third kappa shape index (κ3) is 4.79. The average Bonchev–Trinajstić information content (AvgIpc) is 2.72. The molecule has 2 N–H and O–H groups in total. The summed E-state index contributed by atoms with van der Waals surface area (Å²) in [6.07, 6.45) is 0.0804. The molecule has 0 saturated heterocycles. The van der Waals surface area contributed by atoms with Gasteiger partial charge in [-0.05, 0) is 43.7 Å². The standard InChI is InChI=1S/C21H23ClFN3O3/c1-3-10-24-21(28)19-12-26(17-6-4-5-7-18(17)29-19)13(2)20(27)25-16-9-8-14(23)11-15(16)22/h4-9,11,13,19H,3,10,12H2,1-2H3,(H,24,28)(H,25,27)/t13-,19+/m0/s1. The van der Waals surface area contributed by atoms with E-state index in [0.717, 1.165) is 18.2 Å². The molecular formula is C21H23ClFN3O3. The predicted molar refractivity (Wildman–Crippen MR) is 111 cm³/mol. The Morgan fingerprint density at radius 1 is 1.31 bits per heavy atom. The molecule has 2 aromatic rings. The molecule has 2 atom stereocenters. The molecule has 0 spiro atoms. The van der Waals surface area contributed by atoms with E-state index in [4.69, 9.17) is 16.3 Å². The molecule has 0 saturated carbocycles. The van der Waals surface area contributed by atoms with Crippen LogP contribution in [0.3, 0.4) is 0 Å². The van der Waals surface area contributed by atoms with Crippen LogP contribution in [0.15, 0.2) is 42.5 Å². The van der Waals surface area contributed by atoms with Crippen LogP contribution in [0.1, 0.15) is 20.3 Å². The molecule has 1 aliphatic heterocycles. The summed E-state index contributed by atoms with van der Waals surface area (Å²) in [5.74, 6) is -0.498. The fourth-order valence-corrected chi connectivity index (χ4v) is 3.31. The minimum absolute atomic E-state index is 0.116. The van der Waals surface area contributed by atoms with Gasteiger partial charge in [-0.3, -0.25) is 9.59 Å². The first kappa shape index (κ1) is 20.9. The molecule has 0 bridgehead atoms. The Hall–Kier alpha value is -2.80. The van der Waals surface area contributed by atoms with E-state index in [-0.39, 0.29) is 23.4 Å². The van der Waals surface area contributed by atoms with E-state index in [2.05, 4.69) is 10.6 Å². The number of nitrogens with zero attached hydrogens (tertiary/aromatic N) is 1. The molecule has 1 heterocycles. The van der Waals surface area contributed by atoms with E-state index < -0.39 is 18.0 Å². The summed E-state index contributed by atoms with van der Waals surface area (Å²) in [6.45, 7) is 4.48. The lowest BCUT2D eigenvalue weighted by molar-refractivity contribution is -0.128. The van der Waals surface area contributed by atoms with Crippen LogP contribution < -0.4 is 20.3 Å². The zero-order valence-corrected chi connectivity index (χ0v) is 17.0. The Kier molecular flexibility index (Phi) is 6.59. The van der Waals surface area contributed by atoms with Crippen molar-refractivity contribution in [2.45, 2.75) is 32.4 Å². The summed E-state index contributed by atoms with van der Waals surface area (Å²) >= 11 is 6.02. The first-order valence-electron chi connectivity index (χ1n) is 9.46. The van der Waals surface area contributed by atoms with E-state index in [9.17, 15) is 14.0 Å². The van der Waals surface area contributed by atoms with E-state index in [1.807, 2.05) is 30.0 Å². The fraction of sp³-hybridized carbons (Fsp3) is 0.333. The highest BCUT2D eigenvalue weighted by atomic mass is 35.5. The maximum absolute atomic E-state index is 13.2. The van der Waals surface area contributed by atoms with Crippen molar-refractivity contribution in [2.75, 3.05) is 23.3 Å². The molecule has 6 nitrogen and oxygen atoms in total. The van der Waals surface area contributed by atoms with Crippen molar-refractivity contribution in [2.24, 2.45) is 0 Å². The lowest BCUT2D eigenvalue weighted by atomic mass is 10.1. The molecular weight excluding hydrogens is 397 g/mol. The highest BCUT2D eigenvalue weighted by molar-refractivity contribution is 6.33. The minimum atomic E-state index is -0.735. The van der Waals surface area contributed by atoms with Gasteiger partial charge < -0.3 is 20.3 Å². The number of para-hydroxylation sites is 2. The topological polar surface area (TPSA) is 70.7 Å². The number of hydrogen-bond acceptors (Lipinski definition) is 4. The van der Waals surface area contributed by atoms with Gasteiger partial charge in [0.1, 0.15) is 17.6 Å². The summed E-state index contributed by atoms with van der Waals surface area (Å²) in [5.41, 5.74) is 1.04. The van der Waals surface area contributed by atoms with Crippen LogP contribution in [0, 0.1) is 5.82 Å². The van der Waals surface area contributed by atoms with E-state index >= 15 is 0 Å². The Morgan fingerprint density at radius 2 is 2.07 bits per heavy atom. The van der Waals surface area contributed by atoms with Gasteiger partial charge in [-0.15, -0.1) is 0 Å². The molecule has 29 heavy (non-hydrogen) atoms. The van der Waals surface area contributed by atoms with Crippen molar-refractivity contribution in [3.63, 3.8) is 0 Å². The maximum atomic E-state index is 13.2. The van der Waals surface area contributed by atoms with Crippen LogP contribution >= 0.6 is 11.6 Å². The van der Waals surface area contributed by atoms with Gasteiger partial charge in [0.2, 0.25) is 5.91 Å². The smallest absolute Gasteiger partial charge is 0.262 e. The second-order valence-electron chi connectivity index (χ2n) is 6.81. The molecule has 0 aliphatic carbocycles. The number of carbonyl (C=O) groups is 2. The quantitative estimate of drug-likeness (QED) is 0.750. The number of hydrogen-bond donors (Lipinski definition) is 2. The molecule has 3 rings (SSSR count). The van der Waals surface area contributed by atoms with E-state index in [1.54, 1.807) is 13.0 Å². The van der Waals surface area contributed by atoms with Crippen LogP contribution in [0.4, 0.5) is 15.8 Å². The second-order valence-corrected chi connectivity index (χ2v) is 7.21. The van der Waals surface area contributed by atoms with Crippen molar-refractivity contribution >= 4 is 34.8 Å². The van der Waals surface area contributed by atoms with Crippen molar-refractivity contribution in [1.82, 2.24) is 5.32 Å². The highest BCUT2D eigenvalue weighted by Crippen LogP contribution is 2.35. The van der Waals surface area contributed by atoms with Crippen LogP contribution in [0.5, 0.6) is 5.75 Å². The van der Waals surface area contributed by atoms with Crippen LogP contribution in [0.25, 0.3) is 0 Å². The summed E-state index contributed by atoms with van der Waals surface area (Å²) < 4.78 is 19.1. The third-order valence-corrected chi connectivity index (χ3v) is 5.00. The van der Waals surface area contributed by atoms with Gasteiger partial charge in [-0.2, -0.15) is 0 Å². The average molecular weight is 420 g/mol. The van der Waals surface area contributed by atoms with Gasteiger partial charge in [0.05, 0.1) is 22.9 Å². The lowest BCUT2D eigenvalue weighted by Gasteiger charge is -2.38. The predicted octanol–water partition coefficient (Wildman–Crippen LogP) is 3.60. The Labute approximate surface area is 174 Å². The Balaban J connectivity index is 1.80. The molecule has 0 fully saturated rings. The first-order chi connectivity index (χ1) is 13.9. The molecule has 154 valence electrons. The maximum Gasteiger partial charge on any atom is 0.262 e. The summed E-state index contributed by atoms with van der Waals surface area (Å²) in [6, 6.07) is 10.4. The summed E-state index contributed by atoms with van der Waals surface area (Å²) in [7, 11) is 0. The minimum Gasteiger partial charge on any atom is -0.477 e. The zero-order valence-electron chi connectivity index (χ0n) is 16.2. The normalized spacial score (nSPS) is 16.4. The zero-order chi connectivity index (χ0) is 21.0. The number of rotatable bonds is 6. The molecule has 2 aromatic carbocycles. The van der Waals surface area contributed by atoms with Gasteiger partial charge in [0.25, 0.3) is 5.91 Å². The van der Waals surface area contributed by atoms with Crippen LogP contribution in [-0.2, 0) is 9.59 Å². The molecule has 0 aromatic heterocycles. The SMILES string of the molecule is CCCNC(=O)[C@H]1CN([C@@H](C)C(=O)Nc2ccc(F)cc2Cl)c2ccccc2O1. The Bertz CT molecular complexity index is 908. The summed E-state index contributed by atoms with van der Waals surface area (Å²) in [4.78, 5) is 27.1. The highest BCUT2D eigenvalue weighted by Gasteiger charge is 2.35. The molecule has 0 unspecified atom stereocenters. The number of ether oxygens (including phenoxy) is 1. The number of benzene rings is 2. The van der Waals surface area contributed by atoms with Crippen LogP contribution in [0.2, 0.25) is 5.02 Å². The summed E-state index contributed by atoms with van der Waals surface area (Å²) in [5, 5.41) is 5.67. The number of amides is 2. The molecule has 8 heteroatoms. The number of anilines is 2. The third-order valence-electron chi connectivity index (χ3n) is 4.68. The van der Waals surface area contributed by atoms with Gasteiger partial charge in [-0.25, -0.2) is 4.39 Å². The number of fused-ring (bicyclic) bond motifs is 1. The van der Waals surface area contributed by atoms with Gasteiger partial charge in [0.15, 0.2) is 6.10 Å². The number of carbonyl (C=O) groups excluding carboxylic acids is 2. The van der Waals surface area contributed by atoms with Gasteiger partial charge in [0, 0.05) is 6.54 Å². The molecule has 2 amide bonds. The Morgan fingerprint density at radius 3 is 2.79 bits per heavy atom. The van der Waals surface area contributed by atoms with Crippen molar-refractivity contribution in [3.8, 4) is 5.75 Å². The molecule has 1 aliphatic rings. The van der Waals surface area contributed by atoms with Gasteiger partial charge in [-0.1, -0.05) is 30.7 Å². The van der Waals surface area contributed by atoms with Crippen LogP contribution in [-0.4, -0.2) is 37.0 Å². The number of halogens is 2. The van der Waals surface area contributed by atoms with Crippen molar-refractivity contribution in [1.29, 1.82) is 0 Å². The van der Waals surface area contributed by atoms with Crippen molar-refractivity contribution in [3.05, 3.63) is 53.3 Å². The fourth-order valence-electron chi connectivity index (χ4n) is 3.10. The van der Waals surface area contributed by atoms with Crippen molar-refractivity contribution < 1.29 is 18.7 Å². The number of nitrogens with one attached hydrogen (secondary N) is 2. The largest absolute Gasteiger partial charge is 0.477 e. The van der Waals surface area contributed by atoms with E-state index in [1.165, 1.54) is 12.1 Å². The lowest BCUT2D eigenvalue weighted by Crippen LogP contribution is -2.54. The first-order valence-corrected chi connectivity index (χ1v) is 9.84. The second kappa shape index (κ2) is 9.13.